The van der Waals surface area contributed by atoms with E-state index in [0.717, 1.165) is 12.8 Å². The highest BCUT2D eigenvalue weighted by Gasteiger charge is 2.05. The standard InChI is InChI=1S/C17H20NO4P/c19-17(13-22-23(20)21)18-12-4-5-14-8-10-16(11-9-14)15-6-2-1-3-7-15/h1-3,6-11,20-21H,4-5,12-13H2,(H,18,19). The van der Waals surface area contributed by atoms with E-state index >= 15 is 0 Å². The lowest BCUT2D eigenvalue weighted by molar-refractivity contribution is -0.123. The van der Waals surface area contributed by atoms with Crippen molar-refractivity contribution in [2.75, 3.05) is 13.2 Å². The SMILES string of the molecule is O=C(COP(O)O)NCCCc1ccc(-c2ccccc2)cc1. The molecule has 2 rings (SSSR count). The van der Waals surface area contributed by atoms with Gasteiger partial charge in [-0.15, -0.1) is 0 Å². The molecule has 2 aromatic carbocycles. The van der Waals surface area contributed by atoms with Gasteiger partial charge in [-0.1, -0.05) is 54.6 Å². The highest BCUT2D eigenvalue weighted by Crippen LogP contribution is 2.23. The van der Waals surface area contributed by atoms with E-state index in [4.69, 9.17) is 9.79 Å². The summed E-state index contributed by atoms with van der Waals surface area (Å²) < 4.78 is 4.44. The van der Waals surface area contributed by atoms with Crippen molar-refractivity contribution in [1.82, 2.24) is 5.32 Å². The molecule has 0 bridgehead atoms. The molecule has 0 aliphatic rings. The Hall–Kier alpha value is -1.78. The Bertz CT molecular complexity index is 602. The van der Waals surface area contributed by atoms with Crippen molar-refractivity contribution < 1.29 is 19.1 Å². The molecule has 0 spiro atoms. The van der Waals surface area contributed by atoms with E-state index < -0.39 is 8.60 Å². The Kier molecular flexibility index (Phi) is 7.17. The lowest BCUT2D eigenvalue weighted by atomic mass is 10.0. The van der Waals surface area contributed by atoms with Crippen molar-refractivity contribution in [2.45, 2.75) is 12.8 Å². The van der Waals surface area contributed by atoms with E-state index in [-0.39, 0.29) is 12.5 Å². The number of amides is 1. The molecule has 23 heavy (non-hydrogen) atoms. The first kappa shape index (κ1) is 17.6. The van der Waals surface area contributed by atoms with Crippen LogP contribution in [0.4, 0.5) is 0 Å². The summed E-state index contributed by atoms with van der Waals surface area (Å²) in [5, 5.41) is 2.67. The fourth-order valence-electron chi connectivity index (χ4n) is 2.18. The quantitative estimate of drug-likeness (QED) is 0.513. The number of hydrogen-bond acceptors (Lipinski definition) is 4. The van der Waals surface area contributed by atoms with E-state index in [2.05, 4.69) is 46.2 Å². The molecule has 0 heterocycles. The van der Waals surface area contributed by atoms with Gasteiger partial charge in [-0.3, -0.25) is 4.79 Å². The summed E-state index contributed by atoms with van der Waals surface area (Å²) in [5.41, 5.74) is 3.59. The maximum Gasteiger partial charge on any atom is 0.327 e. The van der Waals surface area contributed by atoms with Crippen molar-refractivity contribution in [2.24, 2.45) is 0 Å². The van der Waals surface area contributed by atoms with Crippen molar-refractivity contribution in [3.05, 3.63) is 60.2 Å². The summed E-state index contributed by atoms with van der Waals surface area (Å²) in [6.07, 6.45) is 1.67. The average molecular weight is 333 g/mol. The molecule has 6 heteroatoms. The predicted molar refractivity (Wildman–Crippen MR) is 90.5 cm³/mol. The molecule has 2 aromatic rings. The van der Waals surface area contributed by atoms with Crippen LogP contribution in [0.3, 0.4) is 0 Å². The van der Waals surface area contributed by atoms with Gasteiger partial charge in [0.2, 0.25) is 5.91 Å². The molecule has 1 amide bonds. The van der Waals surface area contributed by atoms with Crippen LogP contribution < -0.4 is 5.32 Å². The second kappa shape index (κ2) is 9.38. The molecule has 0 saturated carbocycles. The molecule has 0 radical (unpaired) electrons. The molecule has 0 atom stereocenters. The number of nitrogens with one attached hydrogen (secondary N) is 1. The Morgan fingerprint density at radius 1 is 1.00 bits per heavy atom. The van der Waals surface area contributed by atoms with Crippen molar-refractivity contribution in [3.8, 4) is 11.1 Å². The maximum atomic E-state index is 11.3. The third-order valence-electron chi connectivity index (χ3n) is 3.34. The monoisotopic (exact) mass is 333 g/mol. The van der Waals surface area contributed by atoms with Gasteiger partial charge in [-0.2, -0.15) is 0 Å². The predicted octanol–water partition coefficient (Wildman–Crippen LogP) is 2.63. The number of carbonyl (C=O) groups is 1. The lowest BCUT2D eigenvalue weighted by Crippen LogP contribution is -2.28. The minimum Gasteiger partial charge on any atom is -0.354 e. The smallest absolute Gasteiger partial charge is 0.327 e. The Labute approximate surface area is 136 Å². The van der Waals surface area contributed by atoms with E-state index in [0.29, 0.717) is 6.54 Å². The van der Waals surface area contributed by atoms with Gasteiger partial charge in [0.05, 0.1) is 0 Å². The van der Waals surface area contributed by atoms with Crippen molar-refractivity contribution >= 4 is 14.5 Å². The van der Waals surface area contributed by atoms with E-state index in [1.54, 1.807) is 0 Å². The lowest BCUT2D eigenvalue weighted by Gasteiger charge is -2.07. The van der Waals surface area contributed by atoms with Crippen LogP contribution in [0, 0.1) is 0 Å². The maximum absolute atomic E-state index is 11.3. The van der Waals surface area contributed by atoms with Gasteiger partial charge < -0.3 is 19.6 Å². The Morgan fingerprint density at radius 3 is 2.30 bits per heavy atom. The zero-order valence-electron chi connectivity index (χ0n) is 12.7. The van der Waals surface area contributed by atoms with Gasteiger partial charge >= 0.3 is 8.60 Å². The molecule has 5 nitrogen and oxygen atoms in total. The third-order valence-corrected chi connectivity index (χ3v) is 3.70. The van der Waals surface area contributed by atoms with Crippen LogP contribution in [-0.2, 0) is 15.7 Å². The first-order valence-electron chi connectivity index (χ1n) is 7.37. The van der Waals surface area contributed by atoms with Crippen LogP contribution in [0.1, 0.15) is 12.0 Å². The number of hydrogen-bond donors (Lipinski definition) is 3. The minimum absolute atomic E-state index is 0.329. The van der Waals surface area contributed by atoms with Gasteiger partial charge in [0, 0.05) is 6.54 Å². The van der Waals surface area contributed by atoms with Gasteiger partial charge in [-0.05, 0) is 29.5 Å². The van der Waals surface area contributed by atoms with Gasteiger partial charge in [0.15, 0.2) is 0 Å². The second-order valence-corrected chi connectivity index (χ2v) is 5.81. The van der Waals surface area contributed by atoms with Crippen molar-refractivity contribution in [1.29, 1.82) is 0 Å². The van der Waals surface area contributed by atoms with Crippen LogP contribution in [0.25, 0.3) is 11.1 Å². The zero-order chi connectivity index (χ0) is 16.5. The summed E-state index contributed by atoms with van der Waals surface area (Å²) in [6.45, 7) is 0.196. The number of benzene rings is 2. The molecular formula is C17H20NO4P. The molecule has 122 valence electrons. The molecule has 0 aliphatic carbocycles. The molecule has 0 aromatic heterocycles. The van der Waals surface area contributed by atoms with Crippen LogP contribution >= 0.6 is 8.60 Å². The molecule has 3 N–H and O–H groups in total. The van der Waals surface area contributed by atoms with E-state index in [1.807, 2.05) is 18.2 Å². The zero-order valence-corrected chi connectivity index (χ0v) is 13.6. The van der Waals surface area contributed by atoms with Crippen LogP contribution in [0.2, 0.25) is 0 Å². The van der Waals surface area contributed by atoms with E-state index in [1.165, 1.54) is 16.7 Å². The fraction of sp³-hybridized carbons (Fsp3) is 0.235. The first-order chi connectivity index (χ1) is 11.1. The highest BCUT2D eigenvalue weighted by atomic mass is 31.2. The summed E-state index contributed by atoms with van der Waals surface area (Å²) in [7, 11) is -2.47. The summed E-state index contributed by atoms with van der Waals surface area (Å²) in [5.74, 6) is -0.347. The molecular weight excluding hydrogens is 313 g/mol. The summed E-state index contributed by atoms with van der Waals surface area (Å²) in [4.78, 5) is 28.4. The van der Waals surface area contributed by atoms with Crippen LogP contribution in [0.15, 0.2) is 54.6 Å². The number of rotatable bonds is 8. The minimum atomic E-state index is -2.47. The summed E-state index contributed by atoms with van der Waals surface area (Å²) >= 11 is 0. The highest BCUT2D eigenvalue weighted by molar-refractivity contribution is 7.39. The van der Waals surface area contributed by atoms with Gasteiger partial charge in [0.25, 0.3) is 0 Å². The van der Waals surface area contributed by atoms with Crippen molar-refractivity contribution in [3.63, 3.8) is 0 Å². The average Bonchev–Trinajstić information content (AvgIpc) is 2.58. The number of carbonyl (C=O) groups excluding carboxylic acids is 1. The second-order valence-electron chi connectivity index (χ2n) is 5.04. The molecule has 0 saturated heterocycles. The summed E-state index contributed by atoms with van der Waals surface area (Å²) in [6, 6.07) is 18.6. The largest absolute Gasteiger partial charge is 0.354 e. The van der Waals surface area contributed by atoms with E-state index in [9.17, 15) is 4.79 Å². The normalized spacial score (nSPS) is 10.7. The molecule has 0 unspecified atom stereocenters. The third kappa shape index (κ3) is 6.47. The van der Waals surface area contributed by atoms with Gasteiger partial charge in [0.1, 0.15) is 6.61 Å². The Balaban J connectivity index is 1.71. The van der Waals surface area contributed by atoms with Gasteiger partial charge in [-0.25, -0.2) is 0 Å². The topological polar surface area (TPSA) is 78.8 Å². The van der Waals surface area contributed by atoms with Crippen LogP contribution in [-0.4, -0.2) is 28.8 Å². The fourth-order valence-corrected chi connectivity index (χ4v) is 2.41. The Morgan fingerprint density at radius 2 is 1.65 bits per heavy atom. The number of aryl methyl sites for hydroxylation is 1. The molecule has 0 fully saturated rings. The first-order valence-corrected chi connectivity index (χ1v) is 8.53. The molecule has 0 aliphatic heterocycles. The van der Waals surface area contributed by atoms with Crippen LogP contribution in [0.5, 0.6) is 0 Å².